The van der Waals surface area contributed by atoms with Crippen molar-refractivity contribution in [1.29, 1.82) is 0 Å². The highest BCUT2D eigenvalue weighted by Gasteiger charge is 2.43. The molecule has 0 amide bonds. The molecule has 0 aromatic carbocycles. The van der Waals surface area contributed by atoms with Gasteiger partial charge in [0.2, 0.25) is 5.79 Å². The Balaban J connectivity index is 2.75. The fourth-order valence-electron chi connectivity index (χ4n) is 2.02. The largest absolute Gasteiger partial charge is 0.453 e. The summed E-state index contributed by atoms with van der Waals surface area (Å²) in [5.41, 5.74) is 0. The SMILES string of the molecule is C=CCCO[C@]1(C(C=C)OC(C)=O)CCCCO1. The van der Waals surface area contributed by atoms with E-state index in [1.165, 1.54) is 6.92 Å². The van der Waals surface area contributed by atoms with Crippen LogP contribution in [0.3, 0.4) is 0 Å². The molecule has 1 rings (SSSR count). The summed E-state index contributed by atoms with van der Waals surface area (Å²) < 4.78 is 16.8. The maximum atomic E-state index is 11.1. The molecule has 1 aliphatic rings. The highest BCUT2D eigenvalue weighted by atomic mass is 16.7. The summed E-state index contributed by atoms with van der Waals surface area (Å²) in [6, 6.07) is 0. The lowest BCUT2D eigenvalue weighted by Gasteiger charge is -2.40. The average molecular weight is 254 g/mol. The van der Waals surface area contributed by atoms with Crippen LogP contribution in [0.1, 0.15) is 32.6 Å². The van der Waals surface area contributed by atoms with E-state index in [0.717, 1.165) is 19.3 Å². The van der Waals surface area contributed by atoms with Crippen LogP contribution in [0.15, 0.2) is 25.3 Å². The van der Waals surface area contributed by atoms with E-state index in [2.05, 4.69) is 13.2 Å². The third kappa shape index (κ3) is 3.96. The molecule has 0 N–H and O–H groups in total. The molecule has 0 aliphatic carbocycles. The van der Waals surface area contributed by atoms with Crippen LogP contribution in [-0.4, -0.2) is 31.1 Å². The van der Waals surface area contributed by atoms with Crippen LogP contribution >= 0.6 is 0 Å². The molecule has 1 unspecified atom stereocenters. The van der Waals surface area contributed by atoms with Crippen molar-refractivity contribution in [2.45, 2.75) is 44.5 Å². The van der Waals surface area contributed by atoms with Gasteiger partial charge in [0.05, 0.1) is 13.2 Å². The van der Waals surface area contributed by atoms with Gasteiger partial charge in [-0.1, -0.05) is 12.7 Å². The molecule has 0 aromatic rings. The summed E-state index contributed by atoms with van der Waals surface area (Å²) in [4.78, 5) is 11.1. The van der Waals surface area contributed by atoms with Crippen molar-refractivity contribution in [3.63, 3.8) is 0 Å². The van der Waals surface area contributed by atoms with Gasteiger partial charge in [-0.3, -0.25) is 4.79 Å². The van der Waals surface area contributed by atoms with Gasteiger partial charge in [-0.2, -0.15) is 0 Å². The zero-order valence-electron chi connectivity index (χ0n) is 11.0. The van der Waals surface area contributed by atoms with Crippen LogP contribution < -0.4 is 0 Å². The Morgan fingerprint density at radius 2 is 2.28 bits per heavy atom. The molecule has 0 saturated carbocycles. The van der Waals surface area contributed by atoms with Crippen LogP contribution in [0.4, 0.5) is 0 Å². The van der Waals surface area contributed by atoms with Gasteiger partial charge in [0.25, 0.3) is 0 Å². The molecule has 1 saturated heterocycles. The van der Waals surface area contributed by atoms with E-state index in [1.807, 2.05) is 0 Å². The number of hydrogen-bond donors (Lipinski definition) is 0. The Labute approximate surface area is 109 Å². The second-order valence-electron chi connectivity index (χ2n) is 4.31. The number of carbonyl (C=O) groups is 1. The Morgan fingerprint density at radius 1 is 1.50 bits per heavy atom. The molecule has 102 valence electrons. The second kappa shape index (κ2) is 7.34. The van der Waals surface area contributed by atoms with Gasteiger partial charge in [0.15, 0.2) is 6.10 Å². The highest BCUT2D eigenvalue weighted by molar-refractivity contribution is 5.66. The molecule has 4 nitrogen and oxygen atoms in total. The minimum absolute atomic E-state index is 0.360. The minimum atomic E-state index is -0.880. The average Bonchev–Trinajstić information content (AvgIpc) is 2.37. The predicted octanol–water partition coefficient (Wildman–Crippen LogP) is 2.59. The molecular formula is C14H22O4. The van der Waals surface area contributed by atoms with Gasteiger partial charge in [-0.05, 0) is 25.3 Å². The van der Waals surface area contributed by atoms with Gasteiger partial charge >= 0.3 is 5.97 Å². The summed E-state index contributed by atoms with van der Waals surface area (Å²) in [6.45, 7) is 9.84. The van der Waals surface area contributed by atoms with Gasteiger partial charge < -0.3 is 14.2 Å². The number of hydrogen-bond acceptors (Lipinski definition) is 4. The number of carbonyl (C=O) groups excluding carboxylic acids is 1. The molecule has 0 aromatic heterocycles. The molecule has 2 atom stereocenters. The fourth-order valence-corrected chi connectivity index (χ4v) is 2.02. The lowest BCUT2D eigenvalue weighted by atomic mass is 9.99. The van der Waals surface area contributed by atoms with E-state index >= 15 is 0 Å². The highest BCUT2D eigenvalue weighted by Crippen LogP contribution is 2.32. The zero-order valence-corrected chi connectivity index (χ0v) is 11.0. The second-order valence-corrected chi connectivity index (χ2v) is 4.31. The van der Waals surface area contributed by atoms with Crippen molar-refractivity contribution < 1.29 is 19.0 Å². The summed E-state index contributed by atoms with van der Waals surface area (Å²) >= 11 is 0. The van der Waals surface area contributed by atoms with E-state index in [4.69, 9.17) is 14.2 Å². The molecule has 1 heterocycles. The third-order valence-electron chi connectivity index (χ3n) is 2.87. The first kappa shape index (κ1) is 14.9. The van der Waals surface area contributed by atoms with Gasteiger partial charge in [0.1, 0.15) is 0 Å². The quantitative estimate of drug-likeness (QED) is 0.398. The zero-order chi connectivity index (χ0) is 13.4. The van der Waals surface area contributed by atoms with Crippen molar-refractivity contribution in [1.82, 2.24) is 0 Å². The van der Waals surface area contributed by atoms with Crippen molar-refractivity contribution >= 4 is 5.97 Å². The van der Waals surface area contributed by atoms with Gasteiger partial charge in [-0.25, -0.2) is 0 Å². The normalized spacial score (nSPS) is 25.2. The lowest BCUT2D eigenvalue weighted by Crippen LogP contribution is -2.50. The Morgan fingerprint density at radius 3 is 2.78 bits per heavy atom. The first-order valence-corrected chi connectivity index (χ1v) is 6.33. The van der Waals surface area contributed by atoms with Crippen molar-refractivity contribution in [2.24, 2.45) is 0 Å². The van der Waals surface area contributed by atoms with E-state index in [-0.39, 0.29) is 5.97 Å². The summed E-state index contributed by atoms with van der Waals surface area (Å²) in [7, 11) is 0. The van der Waals surface area contributed by atoms with Crippen LogP contribution in [0, 0.1) is 0 Å². The maximum Gasteiger partial charge on any atom is 0.303 e. The number of rotatable bonds is 7. The van der Waals surface area contributed by atoms with Gasteiger partial charge in [0, 0.05) is 13.3 Å². The Hall–Kier alpha value is -1.13. The lowest BCUT2D eigenvalue weighted by molar-refractivity contribution is -0.291. The molecule has 4 heteroatoms. The summed E-state index contributed by atoms with van der Waals surface area (Å²) in [5, 5.41) is 0. The first-order chi connectivity index (χ1) is 8.64. The molecular weight excluding hydrogens is 232 g/mol. The minimum Gasteiger partial charge on any atom is -0.453 e. The Bertz CT molecular complexity index is 292. The smallest absolute Gasteiger partial charge is 0.303 e. The summed E-state index contributed by atoms with van der Waals surface area (Å²) in [5.74, 6) is -1.24. The predicted molar refractivity (Wildman–Crippen MR) is 69.1 cm³/mol. The summed E-state index contributed by atoms with van der Waals surface area (Å²) in [6.07, 6.45) is 6.20. The van der Waals surface area contributed by atoms with Crippen LogP contribution in [0.25, 0.3) is 0 Å². The first-order valence-electron chi connectivity index (χ1n) is 6.33. The van der Waals surface area contributed by atoms with E-state index in [0.29, 0.717) is 19.6 Å². The molecule has 1 aliphatic heterocycles. The van der Waals surface area contributed by atoms with E-state index in [1.54, 1.807) is 12.2 Å². The van der Waals surface area contributed by atoms with Crippen molar-refractivity contribution in [3.05, 3.63) is 25.3 Å². The topological polar surface area (TPSA) is 44.8 Å². The van der Waals surface area contributed by atoms with Crippen molar-refractivity contribution in [2.75, 3.05) is 13.2 Å². The van der Waals surface area contributed by atoms with E-state index in [9.17, 15) is 4.79 Å². The third-order valence-corrected chi connectivity index (χ3v) is 2.87. The maximum absolute atomic E-state index is 11.1. The van der Waals surface area contributed by atoms with Crippen LogP contribution in [0.5, 0.6) is 0 Å². The molecule has 0 bridgehead atoms. The molecule has 0 radical (unpaired) electrons. The van der Waals surface area contributed by atoms with Crippen molar-refractivity contribution in [3.8, 4) is 0 Å². The molecule has 18 heavy (non-hydrogen) atoms. The molecule has 1 fully saturated rings. The Kier molecular flexibility index (Phi) is 6.09. The monoisotopic (exact) mass is 254 g/mol. The van der Waals surface area contributed by atoms with Crippen LogP contribution in [0.2, 0.25) is 0 Å². The molecule has 0 spiro atoms. The fraction of sp³-hybridized carbons (Fsp3) is 0.643. The number of ether oxygens (including phenoxy) is 3. The van der Waals surface area contributed by atoms with Gasteiger partial charge in [-0.15, -0.1) is 6.58 Å². The standard InChI is InChI=1S/C14H22O4/c1-4-6-10-16-14(9-7-8-11-17-14)13(5-2)18-12(3)15/h4-5,13H,1-2,6-11H2,3H3/t13?,14-/m1/s1. The van der Waals surface area contributed by atoms with Crippen LogP contribution in [-0.2, 0) is 19.0 Å². The van der Waals surface area contributed by atoms with E-state index < -0.39 is 11.9 Å². The number of esters is 1.